The molecule has 2 N–H and O–H groups in total. The topological polar surface area (TPSA) is 75.6 Å². The highest BCUT2D eigenvalue weighted by Crippen LogP contribution is 2.29. The fourth-order valence-corrected chi connectivity index (χ4v) is 3.22. The zero-order chi connectivity index (χ0) is 19.4. The summed E-state index contributed by atoms with van der Waals surface area (Å²) in [5.74, 6) is -1.55. The second-order valence-corrected chi connectivity index (χ2v) is 6.31. The van der Waals surface area contributed by atoms with Crippen molar-refractivity contribution in [2.45, 2.75) is 25.7 Å². The van der Waals surface area contributed by atoms with Crippen molar-refractivity contribution in [3.05, 3.63) is 70.7 Å². The molecule has 0 bridgehead atoms. The van der Waals surface area contributed by atoms with Crippen LogP contribution in [0.4, 0.5) is 4.39 Å². The molecule has 1 aromatic carbocycles. The van der Waals surface area contributed by atoms with Gasteiger partial charge in [0, 0.05) is 11.1 Å². The molecule has 27 heavy (non-hydrogen) atoms. The van der Waals surface area contributed by atoms with Crippen LogP contribution in [-0.2, 0) is 9.59 Å². The van der Waals surface area contributed by atoms with Crippen LogP contribution in [0.2, 0.25) is 0 Å². The minimum Gasteiger partial charge on any atom is -0.497 e. The van der Waals surface area contributed by atoms with E-state index in [0.29, 0.717) is 37.0 Å². The summed E-state index contributed by atoms with van der Waals surface area (Å²) in [6.45, 7) is 0. The Bertz CT molecular complexity index is 909. The van der Waals surface area contributed by atoms with Crippen LogP contribution in [0.3, 0.4) is 0 Å². The SMILES string of the molecule is COc1cccc(C2=CCC=C(NC(=O)C3=C(C(=O)O)CCC3)C(F)=C2)c1. The van der Waals surface area contributed by atoms with E-state index < -0.39 is 17.7 Å². The number of allylic oxidation sites excluding steroid dienone is 5. The number of hydrogen-bond acceptors (Lipinski definition) is 3. The number of carboxylic acids is 1. The molecule has 0 aromatic heterocycles. The third-order valence-electron chi connectivity index (χ3n) is 4.60. The fourth-order valence-electron chi connectivity index (χ4n) is 3.22. The van der Waals surface area contributed by atoms with Crippen LogP contribution < -0.4 is 10.1 Å². The first-order valence-electron chi connectivity index (χ1n) is 8.68. The van der Waals surface area contributed by atoms with Gasteiger partial charge >= 0.3 is 5.97 Å². The van der Waals surface area contributed by atoms with Gasteiger partial charge in [0.05, 0.1) is 12.8 Å². The van der Waals surface area contributed by atoms with Crippen LogP contribution in [0.25, 0.3) is 5.57 Å². The van der Waals surface area contributed by atoms with Gasteiger partial charge in [-0.05, 0) is 55.0 Å². The molecule has 0 saturated carbocycles. The van der Waals surface area contributed by atoms with Crippen molar-refractivity contribution in [1.82, 2.24) is 5.32 Å². The molecule has 2 aliphatic carbocycles. The highest BCUT2D eigenvalue weighted by molar-refractivity contribution is 6.03. The molecule has 0 unspecified atom stereocenters. The predicted octanol–water partition coefficient (Wildman–Crippen LogP) is 3.90. The second-order valence-electron chi connectivity index (χ2n) is 6.31. The molecule has 0 heterocycles. The van der Waals surface area contributed by atoms with Crippen LogP contribution in [0, 0.1) is 0 Å². The van der Waals surface area contributed by atoms with Gasteiger partial charge in [0.25, 0.3) is 5.91 Å². The normalized spacial score (nSPS) is 16.9. The maximum atomic E-state index is 14.7. The number of carbonyl (C=O) groups is 2. The monoisotopic (exact) mass is 369 g/mol. The molecular formula is C21H20FNO4. The van der Waals surface area contributed by atoms with E-state index in [1.165, 1.54) is 6.08 Å². The lowest BCUT2D eigenvalue weighted by Crippen LogP contribution is -2.25. The van der Waals surface area contributed by atoms with E-state index in [4.69, 9.17) is 4.74 Å². The number of carboxylic acid groups (broad SMARTS) is 1. The summed E-state index contributed by atoms with van der Waals surface area (Å²) in [6, 6.07) is 7.29. The number of aliphatic carboxylic acids is 1. The Labute approximate surface area is 156 Å². The number of ether oxygens (including phenoxy) is 1. The summed E-state index contributed by atoms with van der Waals surface area (Å²) in [5, 5.41) is 11.7. The molecule has 140 valence electrons. The highest BCUT2D eigenvalue weighted by atomic mass is 19.1. The molecule has 2 aliphatic rings. The summed E-state index contributed by atoms with van der Waals surface area (Å²) in [4.78, 5) is 23.6. The zero-order valence-corrected chi connectivity index (χ0v) is 14.9. The minimum absolute atomic E-state index is 0.0540. The van der Waals surface area contributed by atoms with Crippen LogP contribution in [0.1, 0.15) is 31.2 Å². The molecule has 1 amide bonds. The predicted molar refractivity (Wildman–Crippen MR) is 99.5 cm³/mol. The number of halogens is 1. The Morgan fingerprint density at radius 2 is 1.96 bits per heavy atom. The van der Waals surface area contributed by atoms with Crippen LogP contribution in [0.15, 0.2) is 65.2 Å². The lowest BCUT2D eigenvalue weighted by atomic mass is 10.0. The van der Waals surface area contributed by atoms with Gasteiger partial charge in [0.15, 0.2) is 0 Å². The summed E-state index contributed by atoms with van der Waals surface area (Å²) in [5.41, 5.74) is 1.87. The first-order valence-corrected chi connectivity index (χ1v) is 8.68. The van der Waals surface area contributed by atoms with Crippen molar-refractivity contribution < 1.29 is 23.8 Å². The Balaban J connectivity index is 1.79. The summed E-state index contributed by atoms with van der Waals surface area (Å²) >= 11 is 0. The summed E-state index contributed by atoms with van der Waals surface area (Å²) in [7, 11) is 1.56. The molecule has 5 nitrogen and oxygen atoms in total. The van der Waals surface area contributed by atoms with Crippen molar-refractivity contribution in [2.75, 3.05) is 7.11 Å². The number of nitrogens with one attached hydrogen (secondary N) is 1. The maximum absolute atomic E-state index is 14.7. The number of methoxy groups -OCH3 is 1. The van der Waals surface area contributed by atoms with Gasteiger partial charge in [-0.15, -0.1) is 0 Å². The van der Waals surface area contributed by atoms with E-state index in [1.807, 2.05) is 24.3 Å². The molecule has 0 atom stereocenters. The van der Waals surface area contributed by atoms with E-state index in [-0.39, 0.29) is 16.8 Å². The fraction of sp³-hybridized carbons (Fsp3) is 0.238. The Morgan fingerprint density at radius 1 is 1.19 bits per heavy atom. The summed E-state index contributed by atoms with van der Waals surface area (Å²) < 4.78 is 19.9. The quantitative estimate of drug-likeness (QED) is 0.825. The lowest BCUT2D eigenvalue weighted by molar-refractivity contribution is -0.133. The average molecular weight is 369 g/mol. The van der Waals surface area contributed by atoms with Gasteiger partial charge < -0.3 is 15.2 Å². The van der Waals surface area contributed by atoms with Gasteiger partial charge in [0.1, 0.15) is 11.6 Å². The number of benzene rings is 1. The highest BCUT2D eigenvalue weighted by Gasteiger charge is 2.26. The smallest absolute Gasteiger partial charge is 0.332 e. The van der Waals surface area contributed by atoms with Gasteiger partial charge in [-0.1, -0.05) is 24.3 Å². The van der Waals surface area contributed by atoms with E-state index in [0.717, 1.165) is 5.56 Å². The largest absolute Gasteiger partial charge is 0.497 e. The molecule has 0 radical (unpaired) electrons. The molecule has 6 heteroatoms. The third kappa shape index (κ3) is 4.16. The first kappa shape index (κ1) is 18.6. The lowest BCUT2D eigenvalue weighted by Gasteiger charge is -2.09. The standard InChI is InChI=1S/C21H20FNO4/c1-27-15-7-2-5-13(11-15)14-6-3-10-19(18(22)12-14)23-20(24)16-8-4-9-17(16)21(25)26/h2,5-7,10-12H,3-4,8-9H2,1H3,(H,23,24)(H,25,26). The Hall–Kier alpha value is -3.15. The first-order chi connectivity index (χ1) is 13.0. The van der Waals surface area contributed by atoms with Gasteiger partial charge in [-0.25, -0.2) is 9.18 Å². The second kappa shape index (κ2) is 8.03. The van der Waals surface area contributed by atoms with Crippen LogP contribution in [0.5, 0.6) is 5.75 Å². The molecule has 0 fully saturated rings. The number of carbonyl (C=O) groups excluding carboxylic acids is 1. The zero-order valence-electron chi connectivity index (χ0n) is 14.9. The van der Waals surface area contributed by atoms with E-state index in [1.54, 1.807) is 19.3 Å². The minimum atomic E-state index is -1.09. The molecular weight excluding hydrogens is 349 g/mol. The average Bonchev–Trinajstić information content (AvgIpc) is 3.09. The van der Waals surface area contributed by atoms with Crippen molar-refractivity contribution in [1.29, 1.82) is 0 Å². The van der Waals surface area contributed by atoms with Gasteiger partial charge in [-0.2, -0.15) is 0 Å². The van der Waals surface area contributed by atoms with Crippen LogP contribution in [-0.4, -0.2) is 24.1 Å². The number of hydrogen-bond donors (Lipinski definition) is 2. The number of amides is 1. The van der Waals surface area contributed by atoms with Crippen molar-refractivity contribution in [2.24, 2.45) is 0 Å². The molecule has 0 saturated heterocycles. The Kier molecular flexibility index (Phi) is 5.54. The van der Waals surface area contributed by atoms with E-state index >= 15 is 0 Å². The van der Waals surface area contributed by atoms with Crippen molar-refractivity contribution in [3.8, 4) is 5.75 Å². The van der Waals surface area contributed by atoms with Gasteiger partial charge in [0.2, 0.25) is 0 Å². The molecule has 0 spiro atoms. The van der Waals surface area contributed by atoms with Gasteiger partial charge in [-0.3, -0.25) is 4.79 Å². The molecule has 0 aliphatic heterocycles. The summed E-state index contributed by atoms with van der Waals surface area (Å²) in [6.07, 6.45) is 6.57. The maximum Gasteiger partial charge on any atom is 0.332 e. The van der Waals surface area contributed by atoms with Crippen LogP contribution >= 0.6 is 0 Å². The molecule has 3 rings (SSSR count). The third-order valence-corrected chi connectivity index (χ3v) is 4.60. The van der Waals surface area contributed by atoms with E-state index in [2.05, 4.69) is 5.32 Å². The molecule has 1 aromatic rings. The van der Waals surface area contributed by atoms with Crippen molar-refractivity contribution in [3.63, 3.8) is 0 Å². The Morgan fingerprint density at radius 3 is 2.70 bits per heavy atom. The van der Waals surface area contributed by atoms with Crippen molar-refractivity contribution >= 4 is 17.4 Å². The number of rotatable bonds is 5. The van der Waals surface area contributed by atoms with E-state index in [9.17, 15) is 19.1 Å².